The van der Waals surface area contributed by atoms with E-state index in [1.54, 1.807) is 6.20 Å². The molecule has 1 saturated heterocycles. The Hall–Kier alpha value is -3.46. The van der Waals surface area contributed by atoms with Crippen LogP contribution >= 0.6 is 11.8 Å². The Balaban J connectivity index is 1.37. The number of thioether (sulfide) groups is 1. The van der Waals surface area contributed by atoms with Crippen molar-refractivity contribution in [2.75, 3.05) is 25.4 Å². The lowest BCUT2D eigenvalue weighted by Crippen LogP contribution is -2.39. The Morgan fingerprint density at radius 2 is 1.81 bits per heavy atom. The van der Waals surface area contributed by atoms with Gasteiger partial charge in [0.15, 0.2) is 5.16 Å². The monoisotopic (exact) mass is 519 g/mol. The third kappa shape index (κ3) is 7.07. The first-order chi connectivity index (χ1) is 17.9. The molecule has 0 aliphatic carbocycles. The molecule has 3 heterocycles. The molecule has 0 saturated carbocycles. The normalized spacial score (nSPS) is 13.9. The number of pyridine rings is 1. The number of carbonyl (C=O) groups excluding carboxylic acids is 2. The van der Waals surface area contributed by atoms with Crippen LogP contribution in [0.1, 0.15) is 58.7 Å². The molecule has 1 fully saturated rings. The number of ether oxygens (including phenoxy) is 1. The molecule has 0 radical (unpaired) electrons. The summed E-state index contributed by atoms with van der Waals surface area (Å²) in [6, 6.07) is 13.3. The van der Waals surface area contributed by atoms with Crippen LogP contribution in [0, 0.1) is 13.8 Å². The predicted octanol–water partition coefficient (Wildman–Crippen LogP) is 4.32. The fraction of sp³-hybridized carbons (Fsp3) is 0.393. The first kappa shape index (κ1) is 26.6. The van der Waals surface area contributed by atoms with Gasteiger partial charge in [-0.15, -0.1) is 0 Å². The van der Waals surface area contributed by atoms with Crippen LogP contribution in [0.5, 0.6) is 5.75 Å². The summed E-state index contributed by atoms with van der Waals surface area (Å²) in [4.78, 5) is 41.2. The minimum absolute atomic E-state index is 0.0803. The van der Waals surface area contributed by atoms with Crippen LogP contribution < -0.4 is 10.1 Å². The summed E-state index contributed by atoms with van der Waals surface area (Å²) in [6.07, 6.45) is 3.24. The molecule has 194 valence electrons. The standard InChI is InChI=1S/C28H33N5O3S/c1-4-36-24-8-6-5-7-22(24)17-30-27(35)23-10-9-19(2)31-26(23)21-12-15-33(16-13-21)25(34)18-37-28-29-14-11-20(3)32-28/h5-11,14,21H,4,12-13,15-18H2,1-3H3,(H,30,35). The van der Waals surface area contributed by atoms with Crippen LogP contribution in [0.15, 0.2) is 53.8 Å². The van der Waals surface area contributed by atoms with Crippen LogP contribution in [0.4, 0.5) is 0 Å². The molecule has 4 rings (SSSR count). The molecule has 1 aliphatic heterocycles. The number of hydrogen-bond donors (Lipinski definition) is 1. The lowest BCUT2D eigenvalue weighted by Gasteiger charge is -2.32. The summed E-state index contributed by atoms with van der Waals surface area (Å²) < 4.78 is 5.68. The van der Waals surface area contributed by atoms with Gasteiger partial charge >= 0.3 is 0 Å². The smallest absolute Gasteiger partial charge is 0.253 e. The van der Waals surface area contributed by atoms with Crippen LogP contribution in [0.3, 0.4) is 0 Å². The van der Waals surface area contributed by atoms with Gasteiger partial charge in [0.05, 0.1) is 23.6 Å². The maximum absolute atomic E-state index is 13.2. The highest BCUT2D eigenvalue weighted by Gasteiger charge is 2.28. The van der Waals surface area contributed by atoms with E-state index < -0.39 is 0 Å². The van der Waals surface area contributed by atoms with Crippen molar-refractivity contribution >= 4 is 23.6 Å². The van der Waals surface area contributed by atoms with E-state index in [0.717, 1.165) is 41.2 Å². The largest absolute Gasteiger partial charge is 0.494 e. The second kappa shape index (κ2) is 12.7. The zero-order chi connectivity index (χ0) is 26.2. The number of likely N-dealkylation sites (tertiary alicyclic amines) is 1. The highest BCUT2D eigenvalue weighted by atomic mass is 32.2. The number of piperidine rings is 1. The third-order valence-electron chi connectivity index (χ3n) is 6.35. The minimum atomic E-state index is -0.151. The Morgan fingerprint density at radius 1 is 1.05 bits per heavy atom. The second-order valence-corrected chi connectivity index (χ2v) is 9.98. The van der Waals surface area contributed by atoms with Crippen molar-refractivity contribution in [2.24, 2.45) is 0 Å². The summed E-state index contributed by atoms with van der Waals surface area (Å²) >= 11 is 1.36. The van der Waals surface area contributed by atoms with E-state index in [2.05, 4.69) is 15.3 Å². The topological polar surface area (TPSA) is 97.3 Å². The molecule has 0 unspecified atom stereocenters. The van der Waals surface area contributed by atoms with Gasteiger partial charge in [-0.1, -0.05) is 30.0 Å². The van der Waals surface area contributed by atoms with Crippen LogP contribution in [0.2, 0.25) is 0 Å². The van der Waals surface area contributed by atoms with Gasteiger partial charge in [-0.2, -0.15) is 0 Å². The number of carbonyl (C=O) groups is 2. The van der Waals surface area contributed by atoms with E-state index >= 15 is 0 Å². The average Bonchev–Trinajstić information content (AvgIpc) is 2.91. The SMILES string of the molecule is CCOc1ccccc1CNC(=O)c1ccc(C)nc1C1CCN(C(=O)CSc2nccc(C)n2)CC1. The van der Waals surface area contributed by atoms with E-state index in [0.29, 0.717) is 42.7 Å². The van der Waals surface area contributed by atoms with Gasteiger partial charge in [0, 0.05) is 48.7 Å². The van der Waals surface area contributed by atoms with Gasteiger partial charge in [-0.3, -0.25) is 14.6 Å². The van der Waals surface area contributed by atoms with Crippen molar-refractivity contribution in [1.29, 1.82) is 0 Å². The van der Waals surface area contributed by atoms with Gasteiger partial charge in [0.2, 0.25) is 5.91 Å². The van der Waals surface area contributed by atoms with Crippen molar-refractivity contribution in [2.45, 2.75) is 51.2 Å². The number of benzene rings is 1. The summed E-state index contributed by atoms with van der Waals surface area (Å²) in [5.74, 6) is 1.14. The highest BCUT2D eigenvalue weighted by molar-refractivity contribution is 7.99. The van der Waals surface area contributed by atoms with Crippen LogP contribution in [-0.4, -0.2) is 57.1 Å². The molecular weight excluding hydrogens is 486 g/mol. The molecule has 1 aromatic carbocycles. The number of nitrogens with one attached hydrogen (secondary N) is 1. The van der Waals surface area contributed by atoms with Gasteiger partial charge in [0.25, 0.3) is 5.91 Å². The van der Waals surface area contributed by atoms with Crippen LogP contribution in [-0.2, 0) is 11.3 Å². The van der Waals surface area contributed by atoms with Crippen molar-refractivity contribution < 1.29 is 14.3 Å². The molecule has 2 amide bonds. The van der Waals surface area contributed by atoms with Crippen LogP contribution in [0.25, 0.3) is 0 Å². The molecule has 0 spiro atoms. The number of amides is 2. The minimum Gasteiger partial charge on any atom is -0.494 e. The molecule has 37 heavy (non-hydrogen) atoms. The van der Waals surface area contributed by atoms with Crippen molar-refractivity contribution in [3.8, 4) is 5.75 Å². The van der Waals surface area contributed by atoms with E-state index in [1.165, 1.54) is 11.8 Å². The first-order valence-electron chi connectivity index (χ1n) is 12.6. The molecule has 3 aromatic rings. The molecule has 1 N–H and O–H groups in total. The van der Waals surface area contributed by atoms with E-state index in [4.69, 9.17) is 9.72 Å². The summed E-state index contributed by atoms with van der Waals surface area (Å²) in [5.41, 5.74) is 4.10. The highest BCUT2D eigenvalue weighted by Crippen LogP contribution is 2.30. The zero-order valence-corrected chi connectivity index (χ0v) is 22.4. The number of aromatic nitrogens is 3. The number of para-hydroxylation sites is 1. The lowest BCUT2D eigenvalue weighted by molar-refractivity contribution is -0.129. The van der Waals surface area contributed by atoms with E-state index in [-0.39, 0.29) is 17.7 Å². The molecule has 2 aromatic heterocycles. The molecular formula is C28H33N5O3S. The number of hydrogen-bond acceptors (Lipinski definition) is 7. The summed E-state index contributed by atoms with van der Waals surface area (Å²) in [5, 5.41) is 3.66. The summed E-state index contributed by atoms with van der Waals surface area (Å²) in [6.45, 7) is 8.00. The molecule has 0 atom stereocenters. The Morgan fingerprint density at radius 3 is 2.57 bits per heavy atom. The Bertz CT molecular complexity index is 1240. The van der Waals surface area contributed by atoms with Crippen molar-refractivity contribution in [1.82, 2.24) is 25.2 Å². The van der Waals surface area contributed by atoms with E-state index in [9.17, 15) is 9.59 Å². The Labute approximate surface area is 222 Å². The van der Waals surface area contributed by atoms with Gasteiger partial charge < -0.3 is 15.0 Å². The Kier molecular flexibility index (Phi) is 9.11. The summed E-state index contributed by atoms with van der Waals surface area (Å²) in [7, 11) is 0. The third-order valence-corrected chi connectivity index (χ3v) is 7.20. The molecule has 8 nitrogen and oxygen atoms in total. The lowest BCUT2D eigenvalue weighted by atomic mass is 9.89. The predicted molar refractivity (Wildman–Crippen MR) is 144 cm³/mol. The van der Waals surface area contributed by atoms with Crippen molar-refractivity contribution in [3.63, 3.8) is 0 Å². The fourth-order valence-corrected chi connectivity index (χ4v) is 5.19. The fourth-order valence-electron chi connectivity index (χ4n) is 4.41. The quantitative estimate of drug-likeness (QED) is 0.332. The molecule has 1 aliphatic rings. The van der Waals surface area contributed by atoms with E-state index in [1.807, 2.05) is 68.1 Å². The second-order valence-electron chi connectivity index (χ2n) is 9.03. The number of nitrogens with zero attached hydrogens (tertiary/aromatic N) is 4. The number of aryl methyl sites for hydroxylation is 2. The average molecular weight is 520 g/mol. The maximum Gasteiger partial charge on any atom is 0.253 e. The molecule has 0 bridgehead atoms. The first-order valence-corrected chi connectivity index (χ1v) is 13.6. The van der Waals surface area contributed by atoms with Crippen molar-refractivity contribution in [3.05, 3.63) is 76.9 Å². The number of rotatable bonds is 9. The van der Waals surface area contributed by atoms with Gasteiger partial charge in [0.1, 0.15) is 5.75 Å². The van der Waals surface area contributed by atoms with Gasteiger partial charge in [-0.25, -0.2) is 9.97 Å². The zero-order valence-electron chi connectivity index (χ0n) is 21.6. The maximum atomic E-state index is 13.2. The molecule has 9 heteroatoms. The van der Waals surface area contributed by atoms with Gasteiger partial charge in [-0.05, 0) is 57.9 Å².